The molecule has 0 unspecified atom stereocenters. The number of para-hydroxylation sites is 1. The summed E-state index contributed by atoms with van der Waals surface area (Å²) in [7, 11) is 0. The Kier molecular flexibility index (Phi) is 2.14. The van der Waals surface area contributed by atoms with E-state index in [1.807, 2.05) is 12.1 Å². The minimum atomic E-state index is 0.958. The highest BCUT2D eigenvalue weighted by Crippen LogP contribution is 2.36. The highest BCUT2D eigenvalue weighted by molar-refractivity contribution is 14.1. The summed E-state index contributed by atoms with van der Waals surface area (Å²) >= 11 is 2.39. The van der Waals surface area contributed by atoms with Crippen molar-refractivity contribution < 1.29 is 4.42 Å². The van der Waals surface area contributed by atoms with Gasteiger partial charge in [0.15, 0.2) is 0 Å². The van der Waals surface area contributed by atoms with E-state index in [2.05, 4.69) is 65.1 Å². The Labute approximate surface area is 118 Å². The molecule has 1 heterocycles. The predicted molar refractivity (Wildman–Crippen MR) is 83.9 cm³/mol. The monoisotopic (exact) mass is 344 g/mol. The molecule has 0 atom stereocenters. The van der Waals surface area contributed by atoms with Gasteiger partial charge < -0.3 is 4.42 Å². The third-order valence-electron chi connectivity index (χ3n) is 3.33. The zero-order valence-electron chi connectivity index (χ0n) is 9.48. The van der Waals surface area contributed by atoms with Crippen LogP contribution in [0.15, 0.2) is 59.0 Å². The zero-order chi connectivity index (χ0) is 12.1. The number of halogens is 1. The summed E-state index contributed by atoms with van der Waals surface area (Å²) in [5.41, 5.74) is 1.95. The molecule has 0 amide bonds. The summed E-state index contributed by atoms with van der Waals surface area (Å²) in [5, 5.41) is 4.84. The lowest BCUT2D eigenvalue weighted by molar-refractivity contribution is 0.672. The van der Waals surface area contributed by atoms with Crippen molar-refractivity contribution >= 4 is 55.3 Å². The molecule has 0 saturated carbocycles. The predicted octanol–water partition coefficient (Wildman–Crippen LogP) is 5.34. The van der Waals surface area contributed by atoms with Gasteiger partial charge in [-0.15, -0.1) is 0 Å². The maximum atomic E-state index is 6.02. The standard InChI is InChI=1S/C16H9IO/c17-14-9-13-11-6-3-4-8-15(11)18-16(13)12-7-2-1-5-10(12)14/h1-9H. The Hall–Kier alpha value is -1.55. The maximum Gasteiger partial charge on any atom is 0.143 e. The number of hydrogen-bond acceptors (Lipinski definition) is 1. The smallest absolute Gasteiger partial charge is 0.143 e. The van der Waals surface area contributed by atoms with Crippen molar-refractivity contribution in [1.82, 2.24) is 0 Å². The normalized spacial score (nSPS) is 11.6. The second kappa shape index (κ2) is 3.72. The van der Waals surface area contributed by atoms with Gasteiger partial charge in [-0.2, -0.15) is 0 Å². The molecule has 0 aliphatic carbocycles. The molecule has 1 aromatic heterocycles. The van der Waals surface area contributed by atoms with Crippen LogP contribution >= 0.6 is 22.6 Å². The second-order valence-electron chi connectivity index (χ2n) is 4.38. The molecule has 0 N–H and O–H groups in total. The maximum absolute atomic E-state index is 6.02. The van der Waals surface area contributed by atoms with Crippen LogP contribution in [0.3, 0.4) is 0 Å². The van der Waals surface area contributed by atoms with E-state index in [1.54, 1.807) is 0 Å². The van der Waals surface area contributed by atoms with Crippen molar-refractivity contribution in [2.24, 2.45) is 0 Å². The van der Waals surface area contributed by atoms with Crippen LogP contribution in [0.25, 0.3) is 32.7 Å². The average molecular weight is 344 g/mol. The summed E-state index contributed by atoms with van der Waals surface area (Å²) < 4.78 is 7.28. The van der Waals surface area contributed by atoms with Gasteiger partial charge in [-0.3, -0.25) is 0 Å². The van der Waals surface area contributed by atoms with Crippen LogP contribution in [0, 0.1) is 3.57 Å². The van der Waals surface area contributed by atoms with Crippen LogP contribution in [0.5, 0.6) is 0 Å². The third kappa shape index (κ3) is 1.32. The lowest BCUT2D eigenvalue weighted by Crippen LogP contribution is -1.78. The van der Waals surface area contributed by atoms with Crippen LogP contribution < -0.4 is 0 Å². The third-order valence-corrected chi connectivity index (χ3v) is 4.23. The molecule has 0 aliphatic rings. The van der Waals surface area contributed by atoms with Crippen molar-refractivity contribution in [1.29, 1.82) is 0 Å². The van der Waals surface area contributed by atoms with Gasteiger partial charge in [0.2, 0.25) is 0 Å². The lowest BCUT2D eigenvalue weighted by Gasteiger charge is -2.01. The molecular weight excluding hydrogens is 335 g/mol. The molecule has 0 bridgehead atoms. The van der Waals surface area contributed by atoms with Crippen molar-refractivity contribution in [2.75, 3.05) is 0 Å². The first-order valence-electron chi connectivity index (χ1n) is 5.83. The molecule has 0 fully saturated rings. The van der Waals surface area contributed by atoms with Gasteiger partial charge in [0.25, 0.3) is 0 Å². The molecule has 2 heteroatoms. The minimum absolute atomic E-state index is 0.958. The molecule has 3 aromatic carbocycles. The fourth-order valence-electron chi connectivity index (χ4n) is 2.50. The highest BCUT2D eigenvalue weighted by Gasteiger charge is 2.11. The van der Waals surface area contributed by atoms with Gasteiger partial charge in [0.1, 0.15) is 11.2 Å². The van der Waals surface area contributed by atoms with E-state index in [-0.39, 0.29) is 0 Å². The molecule has 0 radical (unpaired) electrons. The SMILES string of the molecule is Ic1cc2c3ccccc3oc2c2ccccc12. The molecule has 0 saturated heterocycles. The first-order chi connectivity index (χ1) is 8.84. The van der Waals surface area contributed by atoms with E-state index in [0.717, 1.165) is 11.2 Å². The fourth-order valence-corrected chi connectivity index (χ4v) is 3.28. The van der Waals surface area contributed by atoms with E-state index in [1.165, 1.54) is 25.1 Å². The Morgan fingerprint density at radius 1 is 0.722 bits per heavy atom. The Bertz CT molecular complexity index is 889. The summed E-state index contributed by atoms with van der Waals surface area (Å²) in [6.07, 6.45) is 0. The van der Waals surface area contributed by atoms with Gasteiger partial charge in [0.05, 0.1) is 0 Å². The average Bonchev–Trinajstić information content (AvgIpc) is 2.78. The fraction of sp³-hybridized carbons (Fsp3) is 0. The summed E-state index contributed by atoms with van der Waals surface area (Å²) in [5.74, 6) is 0. The van der Waals surface area contributed by atoms with Crippen molar-refractivity contribution in [3.05, 3.63) is 58.2 Å². The number of fused-ring (bicyclic) bond motifs is 5. The van der Waals surface area contributed by atoms with Crippen LogP contribution in [-0.2, 0) is 0 Å². The zero-order valence-corrected chi connectivity index (χ0v) is 11.6. The van der Waals surface area contributed by atoms with E-state index in [0.29, 0.717) is 0 Å². The largest absolute Gasteiger partial charge is 0.455 e. The van der Waals surface area contributed by atoms with Gasteiger partial charge in [-0.1, -0.05) is 42.5 Å². The first kappa shape index (κ1) is 10.4. The van der Waals surface area contributed by atoms with Crippen LogP contribution in [0.1, 0.15) is 0 Å². The Morgan fingerprint density at radius 2 is 1.39 bits per heavy atom. The number of furan rings is 1. The lowest BCUT2D eigenvalue weighted by atomic mass is 10.1. The molecule has 4 aromatic rings. The summed E-state index contributed by atoms with van der Waals surface area (Å²) in [6, 6.07) is 18.8. The van der Waals surface area contributed by atoms with Crippen LogP contribution in [0.4, 0.5) is 0 Å². The van der Waals surface area contributed by atoms with Crippen molar-refractivity contribution in [3.8, 4) is 0 Å². The molecule has 86 valence electrons. The van der Waals surface area contributed by atoms with E-state index < -0.39 is 0 Å². The van der Waals surface area contributed by atoms with Crippen molar-refractivity contribution in [2.45, 2.75) is 0 Å². The quantitative estimate of drug-likeness (QED) is 0.392. The topological polar surface area (TPSA) is 13.1 Å². The van der Waals surface area contributed by atoms with E-state index in [4.69, 9.17) is 4.42 Å². The Morgan fingerprint density at radius 3 is 2.22 bits per heavy atom. The van der Waals surface area contributed by atoms with Gasteiger partial charge in [-0.05, 0) is 40.1 Å². The van der Waals surface area contributed by atoms with E-state index >= 15 is 0 Å². The number of benzene rings is 3. The molecule has 4 rings (SSSR count). The van der Waals surface area contributed by atoms with E-state index in [9.17, 15) is 0 Å². The van der Waals surface area contributed by atoms with Gasteiger partial charge in [-0.25, -0.2) is 0 Å². The van der Waals surface area contributed by atoms with Gasteiger partial charge in [0, 0.05) is 19.7 Å². The number of hydrogen-bond donors (Lipinski definition) is 0. The molecule has 0 aliphatic heterocycles. The first-order valence-corrected chi connectivity index (χ1v) is 6.91. The van der Waals surface area contributed by atoms with Crippen LogP contribution in [-0.4, -0.2) is 0 Å². The minimum Gasteiger partial charge on any atom is -0.455 e. The van der Waals surface area contributed by atoms with Gasteiger partial charge >= 0.3 is 0 Å². The highest BCUT2D eigenvalue weighted by atomic mass is 127. The van der Waals surface area contributed by atoms with Crippen molar-refractivity contribution in [3.63, 3.8) is 0 Å². The molecule has 18 heavy (non-hydrogen) atoms. The summed E-state index contributed by atoms with van der Waals surface area (Å²) in [4.78, 5) is 0. The summed E-state index contributed by atoms with van der Waals surface area (Å²) in [6.45, 7) is 0. The molecule has 0 spiro atoms. The molecule has 1 nitrogen and oxygen atoms in total. The Balaban J connectivity index is 2.36. The van der Waals surface area contributed by atoms with Crippen LogP contribution in [0.2, 0.25) is 0 Å². The molecular formula is C16H9IO. The number of rotatable bonds is 0. The second-order valence-corrected chi connectivity index (χ2v) is 5.54.